The molecule has 2 aromatic heterocycles. The second-order valence-corrected chi connectivity index (χ2v) is 8.01. The van der Waals surface area contributed by atoms with E-state index in [4.69, 9.17) is 14.0 Å². The number of carbonyl (C=O) groups excluding carboxylic acids is 1. The Balaban J connectivity index is 1.37. The van der Waals surface area contributed by atoms with Crippen LogP contribution >= 0.6 is 11.3 Å². The average Bonchev–Trinajstić information content (AvgIpc) is 3.46. The van der Waals surface area contributed by atoms with Crippen LogP contribution in [0.15, 0.2) is 34.2 Å². The van der Waals surface area contributed by atoms with Crippen molar-refractivity contribution in [2.24, 2.45) is 0 Å². The quantitative estimate of drug-likeness (QED) is 0.597. The van der Waals surface area contributed by atoms with Gasteiger partial charge in [0.1, 0.15) is 11.5 Å². The molecule has 1 saturated heterocycles. The van der Waals surface area contributed by atoms with Crippen molar-refractivity contribution in [1.29, 1.82) is 0 Å². The van der Waals surface area contributed by atoms with E-state index in [9.17, 15) is 4.79 Å². The van der Waals surface area contributed by atoms with Crippen LogP contribution in [-0.4, -0.2) is 66.2 Å². The maximum Gasteiger partial charge on any atom is 0.254 e. The van der Waals surface area contributed by atoms with E-state index in [1.807, 2.05) is 29.3 Å². The summed E-state index contributed by atoms with van der Waals surface area (Å²) in [4.78, 5) is 22.5. The molecule has 0 N–H and O–H groups in total. The Morgan fingerprint density at radius 3 is 2.47 bits per heavy atom. The molecule has 1 amide bonds. The van der Waals surface area contributed by atoms with Crippen molar-refractivity contribution in [3.05, 3.63) is 46.7 Å². The number of hydrogen-bond acceptors (Lipinski definition) is 8. The van der Waals surface area contributed by atoms with Crippen LogP contribution in [0.25, 0.3) is 10.7 Å². The second-order valence-electron chi connectivity index (χ2n) is 7.06. The molecule has 0 atom stereocenters. The molecule has 3 aromatic rings. The van der Waals surface area contributed by atoms with E-state index in [0.717, 1.165) is 23.5 Å². The van der Waals surface area contributed by atoms with Gasteiger partial charge in [0, 0.05) is 37.3 Å². The molecule has 158 valence electrons. The van der Waals surface area contributed by atoms with Gasteiger partial charge in [-0.15, -0.1) is 11.3 Å². The molecule has 1 aliphatic heterocycles. The average molecular weight is 429 g/mol. The maximum absolute atomic E-state index is 13.0. The SMILES string of the molecule is COc1cc(C(=O)N2CCN(Cc3nc(-c4cccs4)no3)CC2)cc(OC)c1C. The topological polar surface area (TPSA) is 80.9 Å². The Labute approximate surface area is 179 Å². The van der Waals surface area contributed by atoms with Crippen LogP contribution in [0, 0.1) is 6.92 Å². The number of ether oxygens (including phenoxy) is 2. The summed E-state index contributed by atoms with van der Waals surface area (Å²) in [5.74, 6) is 2.48. The van der Waals surface area contributed by atoms with Gasteiger partial charge in [-0.25, -0.2) is 0 Å². The highest BCUT2D eigenvalue weighted by atomic mass is 32.1. The first-order valence-electron chi connectivity index (χ1n) is 9.69. The van der Waals surface area contributed by atoms with Crippen molar-refractivity contribution in [2.45, 2.75) is 13.5 Å². The number of aromatic nitrogens is 2. The molecule has 0 saturated carbocycles. The fraction of sp³-hybridized carbons (Fsp3) is 0.381. The zero-order valence-electron chi connectivity index (χ0n) is 17.3. The number of thiophene rings is 1. The summed E-state index contributed by atoms with van der Waals surface area (Å²) in [5, 5.41) is 6.04. The van der Waals surface area contributed by atoms with Gasteiger partial charge in [-0.3, -0.25) is 9.69 Å². The zero-order valence-corrected chi connectivity index (χ0v) is 18.1. The molecule has 0 radical (unpaired) electrons. The van der Waals surface area contributed by atoms with E-state index in [-0.39, 0.29) is 5.91 Å². The number of hydrogen-bond donors (Lipinski definition) is 0. The highest BCUT2D eigenvalue weighted by Gasteiger charge is 2.25. The number of nitrogens with zero attached hydrogens (tertiary/aromatic N) is 4. The van der Waals surface area contributed by atoms with Gasteiger partial charge >= 0.3 is 0 Å². The van der Waals surface area contributed by atoms with Crippen LogP contribution < -0.4 is 9.47 Å². The molecule has 1 aliphatic rings. The highest BCUT2D eigenvalue weighted by molar-refractivity contribution is 7.13. The molecule has 0 aliphatic carbocycles. The third-order valence-electron chi connectivity index (χ3n) is 5.23. The molecular formula is C21H24N4O4S. The second kappa shape index (κ2) is 8.85. The van der Waals surface area contributed by atoms with Crippen molar-refractivity contribution < 1.29 is 18.8 Å². The van der Waals surface area contributed by atoms with E-state index in [1.54, 1.807) is 37.7 Å². The standard InChI is InChI=1S/C21H24N4O4S/c1-14-16(27-2)11-15(12-17(14)28-3)21(26)25-8-6-24(7-9-25)13-19-22-20(23-29-19)18-5-4-10-30-18/h4-5,10-12H,6-9,13H2,1-3H3. The van der Waals surface area contributed by atoms with Crippen molar-refractivity contribution in [3.8, 4) is 22.2 Å². The van der Waals surface area contributed by atoms with Gasteiger partial charge in [-0.05, 0) is 30.5 Å². The van der Waals surface area contributed by atoms with Gasteiger partial charge in [0.2, 0.25) is 11.7 Å². The molecule has 30 heavy (non-hydrogen) atoms. The van der Waals surface area contributed by atoms with Crippen LogP contribution in [0.3, 0.4) is 0 Å². The molecule has 0 unspecified atom stereocenters. The van der Waals surface area contributed by atoms with Crippen molar-refractivity contribution in [2.75, 3.05) is 40.4 Å². The van der Waals surface area contributed by atoms with Crippen LogP contribution in [0.2, 0.25) is 0 Å². The maximum atomic E-state index is 13.0. The van der Waals surface area contributed by atoms with E-state index >= 15 is 0 Å². The number of carbonyl (C=O) groups is 1. The minimum atomic E-state index is -0.0241. The Bertz CT molecular complexity index is 985. The summed E-state index contributed by atoms with van der Waals surface area (Å²) in [6, 6.07) is 7.48. The van der Waals surface area contributed by atoms with Crippen LogP contribution in [0.4, 0.5) is 0 Å². The van der Waals surface area contributed by atoms with Crippen molar-refractivity contribution in [3.63, 3.8) is 0 Å². The fourth-order valence-electron chi connectivity index (χ4n) is 3.52. The number of amides is 1. The smallest absolute Gasteiger partial charge is 0.254 e. The molecule has 3 heterocycles. The third kappa shape index (κ3) is 4.17. The third-order valence-corrected chi connectivity index (χ3v) is 6.09. The summed E-state index contributed by atoms with van der Waals surface area (Å²) in [5.41, 5.74) is 1.45. The first-order chi connectivity index (χ1) is 14.6. The number of benzene rings is 1. The van der Waals surface area contributed by atoms with E-state index < -0.39 is 0 Å². The Morgan fingerprint density at radius 2 is 1.87 bits per heavy atom. The Morgan fingerprint density at radius 1 is 1.17 bits per heavy atom. The molecule has 0 spiro atoms. The van der Waals surface area contributed by atoms with Gasteiger partial charge < -0.3 is 18.9 Å². The summed E-state index contributed by atoms with van der Waals surface area (Å²) in [6.07, 6.45) is 0. The van der Waals surface area contributed by atoms with Crippen molar-refractivity contribution in [1.82, 2.24) is 19.9 Å². The minimum Gasteiger partial charge on any atom is -0.496 e. The predicted molar refractivity (Wildman–Crippen MR) is 113 cm³/mol. The molecule has 1 aromatic carbocycles. The van der Waals surface area contributed by atoms with E-state index in [0.29, 0.717) is 48.4 Å². The van der Waals surface area contributed by atoms with Gasteiger partial charge in [0.15, 0.2) is 0 Å². The Hall–Kier alpha value is -2.91. The van der Waals surface area contributed by atoms with E-state index in [1.165, 1.54) is 0 Å². The van der Waals surface area contributed by atoms with E-state index in [2.05, 4.69) is 15.0 Å². The lowest BCUT2D eigenvalue weighted by Crippen LogP contribution is -2.48. The van der Waals surface area contributed by atoms with Gasteiger partial charge in [-0.1, -0.05) is 11.2 Å². The number of piperazine rings is 1. The molecule has 8 nitrogen and oxygen atoms in total. The molecule has 9 heteroatoms. The number of rotatable bonds is 6. The first-order valence-corrected chi connectivity index (χ1v) is 10.6. The lowest BCUT2D eigenvalue weighted by molar-refractivity contribution is 0.0614. The normalized spacial score (nSPS) is 14.7. The molecule has 4 rings (SSSR count). The predicted octanol–water partition coefficient (Wildman–Crippen LogP) is 3.08. The number of methoxy groups -OCH3 is 2. The molecule has 0 bridgehead atoms. The van der Waals surface area contributed by atoms with Crippen LogP contribution in [-0.2, 0) is 6.54 Å². The first kappa shape index (κ1) is 20.4. The Kier molecular flexibility index (Phi) is 6.01. The summed E-state index contributed by atoms with van der Waals surface area (Å²) >= 11 is 1.58. The lowest BCUT2D eigenvalue weighted by atomic mass is 10.1. The lowest BCUT2D eigenvalue weighted by Gasteiger charge is -2.34. The largest absolute Gasteiger partial charge is 0.496 e. The van der Waals surface area contributed by atoms with Crippen LogP contribution in [0.5, 0.6) is 11.5 Å². The summed E-state index contributed by atoms with van der Waals surface area (Å²) in [7, 11) is 3.19. The van der Waals surface area contributed by atoms with Gasteiger partial charge in [-0.2, -0.15) is 4.98 Å². The van der Waals surface area contributed by atoms with Gasteiger partial charge in [0.05, 0.1) is 25.6 Å². The molecule has 1 fully saturated rings. The van der Waals surface area contributed by atoms with Gasteiger partial charge in [0.25, 0.3) is 5.91 Å². The fourth-order valence-corrected chi connectivity index (χ4v) is 4.17. The molecular weight excluding hydrogens is 404 g/mol. The van der Waals surface area contributed by atoms with Crippen molar-refractivity contribution >= 4 is 17.2 Å². The summed E-state index contributed by atoms with van der Waals surface area (Å²) < 4.78 is 16.2. The summed E-state index contributed by atoms with van der Waals surface area (Å²) in [6.45, 7) is 5.22. The minimum absolute atomic E-state index is 0.0241. The zero-order chi connectivity index (χ0) is 21.1. The monoisotopic (exact) mass is 428 g/mol. The highest BCUT2D eigenvalue weighted by Crippen LogP contribution is 2.30. The van der Waals surface area contributed by atoms with Crippen LogP contribution in [0.1, 0.15) is 21.8 Å².